The first-order chi connectivity index (χ1) is 10.0. The summed E-state index contributed by atoms with van der Waals surface area (Å²) in [5.41, 5.74) is 6.35. The Hall–Kier alpha value is -2.11. The summed E-state index contributed by atoms with van der Waals surface area (Å²) < 4.78 is 0. The molecule has 3 N–H and O–H groups in total. The van der Waals surface area contributed by atoms with Crippen LogP contribution >= 0.6 is 0 Å². The Kier molecular flexibility index (Phi) is 4.77. The van der Waals surface area contributed by atoms with Crippen molar-refractivity contribution in [2.24, 2.45) is 16.8 Å². The van der Waals surface area contributed by atoms with Gasteiger partial charge in [-0.15, -0.1) is 0 Å². The van der Waals surface area contributed by atoms with E-state index in [-0.39, 0.29) is 17.8 Å². The average molecular weight is 290 g/mol. The topological polar surface area (TPSA) is 91.8 Å². The van der Waals surface area contributed by atoms with Gasteiger partial charge in [-0.05, 0) is 30.9 Å². The number of amidine groups is 1. The van der Waals surface area contributed by atoms with Crippen molar-refractivity contribution < 1.29 is 10.0 Å². The van der Waals surface area contributed by atoms with E-state index in [0.29, 0.717) is 17.2 Å². The molecule has 0 bridgehead atoms. The van der Waals surface area contributed by atoms with E-state index in [1.807, 2.05) is 7.05 Å². The largest absolute Gasteiger partial charge is 0.409 e. The quantitative estimate of drug-likeness (QED) is 0.384. The Morgan fingerprint density at radius 2 is 2.14 bits per heavy atom. The molecular weight excluding hydrogens is 268 g/mol. The summed E-state index contributed by atoms with van der Waals surface area (Å²) in [4.78, 5) is 18.4. The van der Waals surface area contributed by atoms with Gasteiger partial charge in [-0.2, -0.15) is 0 Å². The summed E-state index contributed by atoms with van der Waals surface area (Å²) in [6.45, 7) is 2.20. The fraction of sp³-hybridized carbons (Fsp3) is 0.533. The minimum absolute atomic E-state index is 0.0178. The van der Waals surface area contributed by atoms with Crippen molar-refractivity contribution in [3.63, 3.8) is 0 Å². The minimum atomic E-state index is -0.0835. The molecule has 1 fully saturated rings. The number of carbonyl (C=O) groups excluding carboxylic acids is 1. The van der Waals surface area contributed by atoms with Crippen LogP contribution in [0, 0.1) is 5.92 Å². The maximum atomic E-state index is 12.5. The molecule has 0 radical (unpaired) electrons. The van der Waals surface area contributed by atoms with Crippen molar-refractivity contribution in [1.82, 2.24) is 9.88 Å². The summed E-state index contributed by atoms with van der Waals surface area (Å²) in [5, 5.41) is 11.5. The molecule has 1 aliphatic rings. The van der Waals surface area contributed by atoms with E-state index >= 15 is 0 Å². The fourth-order valence-electron chi connectivity index (χ4n) is 2.93. The van der Waals surface area contributed by atoms with Crippen LogP contribution in [-0.2, 0) is 0 Å². The highest BCUT2D eigenvalue weighted by molar-refractivity contribution is 5.98. The second-order valence-corrected chi connectivity index (χ2v) is 5.66. The van der Waals surface area contributed by atoms with Crippen LogP contribution in [0.3, 0.4) is 0 Å². The van der Waals surface area contributed by atoms with Gasteiger partial charge < -0.3 is 15.8 Å². The molecule has 1 heterocycles. The van der Waals surface area contributed by atoms with Crippen LogP contribution in [0.1, 0.15) is 48.7 Å². The van der Waals surface area contributed by atoms with Crippen LogP contribution in [0.25, 0.3) is 0 Å². The molecule has 0 spiro atoms. The van der Waals surface area contributed by atoms with Gasteiger partial charge in [0.15, 0.2) is 5.84 Å². The molecule has 1 aromatic rings. The van der Waals surface area contributed by atoms with Gasteiger partial charge in [0.1, 0.15) is 5.69 Å². The lowest BCUT2D eigenvalue weighted by atomic mass is 9.85. The summed E-state index contributed by atoms with van der Waals surface area (Å²) in [6.07, 6.45) is 6.07. The Bertz CT molecular complexity index is 527. The van der Waals surface area contributed by atoms with Crippen LogP contribution in [0.2, 0.25) is 0 Å². The van der Waals surface area contributed by atoms with E-state index < -0.39 is 0 Å². The second-order valence-electron chi connectivity index (χ2n) is 5.66. The first-order valence-electron chi connectivity index (χ1n) is 7.25. The monoisotopic (exact) mass is 290 g/mol. The third kappa shape index (κ3) is 3.32. The van der Waals surface area contributed by atoms with Crippen molar-refractivity contribution in [1.29, 1.82) is 0 Å². The normalized spacial score (nSPS) is 22.9. The highest BCUT2D eigenvalue weighted by Gasteiger charge is 2.28. The predicted octanol–water partition coefficient (Wildman–Crippen LogP) is 1.83. The lowest BCUT2D eigenvalue weighted by Crippen LogP contribution is -2.42. The van der Waals surface area contributed by atoms with Crippen molar-refractivity contribution >= 4 is 11.7 Å². The van der Waals surface area contributed by atoms with Crippen LogP contribution in [0.4, 0.5) is 0 Å². The van der Waals surface area contributed by atoms with Gasteiger partial charge in [0.25, 0.3) is 5.91 Å². The summed E-state index contributed by atoms with van der Waals surface area (Å²) in [5.74, 6) is 0.416. The highest BCUT2D eigenvalue weighted by atomic mass is 16.4. The molecule has 6 nitrogen and oxygen atoms in total. The Morgan fingerprint density at radius 3 is 2.71 bits per heavy atom. The van der Waals surface area contributed by atoms with Crippen LogP contribution < -0.4 is 5.73 Å². The third-order valence-corrected chi connectivity index (χ3v) is 4.27. The number of amides is 1. The summed E-state index contributed by atoms with van der Waals surface area (Å²) >= 11 is 0. The molecule has 2 unspecified atom stereocenters. The number of aromatic nitrogens is 1. The number of rotatable bonds is 3. The van der Waals surface area contributed by atoms with Gasteiger partial charge >= 0.3 is 0 Å². The number of nitrogens with zero attached hydrogens (tertiary/aromatic N) is 3. The molecule has 21 heavy (non-hydrogen) atoms. The van der Waals surface area contributed by atoms with E-state index in [0.717, 1.165) is 12.8 Å². The molecule has 114 valence electrons. The second kappa shape index (κ2) is 6.56. The highest BCUT2D eigenvalue weighted by Crippen LogP contribution is 2.28. The van der Waals surface area contributed by atoms with Gasteiger partial charge in [0, 0.05) is 24.8 Å². The SMILES string of the molecule is CC1CCCCC1N(C)C(=O)c1ccc(C(N)=NO)cn1. The van der Waals surface area contributed by atoms with Gasteiger partial charge in [0.05, 0.1) is 0 Å². The fourth-order valence-corrected chi connectivity index (χ4v) is 2.93. The van der Waals surface area contributed by atoms with E-state index in [1.165, 1.54) is 19.0 Å². The predicted molar refractivity (Wildman–Crippen MR) is 80.3 cm³/mol. The Balaban J connectivity index is 2.12. The Morgan fingerprint density at radius 1 is 1.43 bits per heavy atom. The van der Waals surface area contributed by atoms with Crippen LogP contribution in [-0.4, -0.2) is 39.9 Å². The Labute approximate surface area is 124 Å². The maximum absolute atomic E-state index is 12.5. The molecule has 6 heteroatoms. The molecular formula is C15H22N4O2. The maximum Gasteiger partial charge on any atom is 0.272 e. The number of nitrogens with two attached hydrogens (primary N) is 1. The van der Waals surface area contributed by atoms with E-state index in [4.69, 9.17) is 10.9 Å². The number of hydrogen-bond acceptors (Lipinski definition) is 4. The molecule has 0 aromatic carbocycles. The molecule has 0 aliphatic heterocycles. The van der Waals surface area contributed by atoms with Gasteiger partial charge in [0.2, 0.25) is 0 Å². The summed E-state index contributed by atoms with van der Waals surface area (Å²) in [7, 11) is 1.84. The smallest absolute Gasteiger partial charge is 0.272 e. The van der Waals surface area contributed by atoms with E-state index in [1.54, 1.807) is 17.0 Å². The molecule has 1 aromatic heterocycles. The van der Waals surface area contributed by atoms with Crippen LogP contribution in [0.5, 0.6) is 0 Å². The number of pyridine rings is 1. The van der Waals surface area contributed by atoms with Crippen molar-refractivity contribution in [2.75, 3.05) is 7.05 Å². The lowest BCUT2D eigenvalue weighted by molar-refractivity contribution is 0.0623. The zero-order chi connectivity index (χ0) is 15.4. The van der Waals surface area contributed by atoms with Crippen molar-refractivity contribution in [3.05, 3.63) is 29.6 Å². The number of hydrogen-bond donors (Lipinski definition) is 2. The van der Waals surface area contributed by atoms with Gasteiger partial charge in [-0.25, -0.2) is 0 Å². The molecule has 0 saturated heterocycles. The summed E-state index contributed by atoms with van der Waals surface area (Å²) in [6, 6.07) is 3.52. The third-order valence-electron chi connectivity index (χ3n) is 4.27. The lowest BCUT2D eigenvalue weighted by Gasteiger charge is -2.36. The standard InChI is InChI=1S/C15H22N4O2/c1-10-5-3-4-6-13(10)19(2)15(20)12-8-7-11(9-17-12)14(16)18-21/h7-10,13,21H,3-6H2,1-2H3,(H2,16,18). The van der Waals surface area contributed by atoms with Crippen molar-refractivity contribution in [3.8, 4) is 0 Å². The molecule has 2 atom stereocenters. The van der Waals surface area contributed by atoms with Crippen LogP contribution in [0.15, 0.2) is 23.5 Å². The first-order valence-corrected chi connectivity index (χ1v) is 7.25. The number of oxime groups is 1. The van der Waals surface area contributed by atoms with Gasteiger partial charge in [-0.3, -0.25) is 9.78 Å². The number of carbonyl (C=O) groups is 1. The molecule has 1 aliphatic carbocycles. The van der Waals surface area contributed by atoms with Gasteiger partial charge in [-0.1, -0.05) is 24.9 Å². The first kappa shape index (κ1) is 15.3. The molecule has 1 amide bonds. The molecule has 1 saturated carbocycles. The zero-order valence-corrected chi connectivity index (χ0v) is 12.5. The zero-order valence-electron chi connectivity index (χ0n) is 12.5. The molecule has 2 rings (SSSR count). The van der Waals surface area contributed by atoms with E-state index in [9.17, 15) is 4.79 Å². The average Bonchev–Trinajstić information content (AvgIpc) is 2.53. The van der Waals surface area contributed by atoms with E-state index in [2.05, 4.69) is 17.1 Å². The minimum Gasteiger partial charge on any atom is -0.409 e. The van der Waals surface area contributed by atoms with Crippen molar-refractivity contribution in [2.45, 2.75) is 38.6 Å².